The summed E-state index contributed by atoms with van der Waals surface area (Å²) in [5, 5.41) is 11.2. The second kappa shape index (κ2) is 9.26. The number of nitrogens with one attached hydrogen (secondary N) is 1. The molecule has 1 N–H and O–H groups in total. The highest BCUT2D eigenvalue weighted by atomic mass is 16.6. The van der Waals surface area contributed by atoms with Crippen molar-refractivity contribution >= 4 is 17.3 Å². The monoisotopic (exact) mass is 411 g/mol. The van der Waals surface area contributed by atoms with Gasteiger partial charge in [0.25, 0.3) is 11.6 Å². The van der Waals surface area contributed by atoms with Gasteiger partial charge in [-0.15, -0.1) is 0 Å². The van der Waals surface area contributed by atoms with Crippen molar-refractivity contribution in [3.8, 4) is 0 Å². The Kier molecular flexibility index (Phi) is 6.72. The summed E-state index contributed by atoms with van der Waals surface area (Å²) in [7, 11) is 3.68. The van der Waals surface area contributed by atoms with Gasteiger partial charge in [0.1, 0.15) is 6.54 Å². The number of nitro groups is 1. The molecular weight excluding hydrogens is 380 g/mol. The highest BCUT2D eigenvalue weighted by Gasteiger charge is 2.27. The number of carbonyl (C=O) groups excluding carboxylic acids is 1. The van der Waals surface area contributed by atoms with Crippen LogP contribution >= 0.6 is 0 Å². The van der Waals surface area contributed by atoms with E-state index < -0.39 is 4.92 Å². The SMILES string of the molecule is CC(C)c1ccc(C[NH+]2CCN(C(=O)c3cc([N+](=O)[O-])ccc3N(C)C)CC2)cc1. The Balaban J connectivity index is 1.65. The van der Waals surface area contributed by atoms with Gasteiger partial charge in [-0.1, -0.05) is 38.1 Å². The maximum absolute atomic E-state index is 13.1. The van der Waals surface area contributed by atoms with E-state index in [0.717, 1.165) is 19.6 Å². The van der Waals surface area contributed by atoms with Gasteiger partial charge in [-0.25, -0.2) is 0 Å². The number of non-ortho nitro benzene ring substituents is 1. The zero-order valence-corrected chi connectivity index (χ0v) is 18.2. The van der Waals surface area contributed by atoms with Gasteiger partial charge in [-0.2, -0.15) is 0 Å². The molecule has 0 atom stereocenters. The van der Waals surface area contributed by atoms with Crippen molar-refractivity contribution in [1.82, 2.24) is 4.90 Å². The van der Waals surface area contributed by atoms with E-state index in [2.05, 4.69) is 38.1 Å². The van der Waals surface area contributed by atoms with Crippen LogP contribution in [0.5, 0.6) is 0 Å². The molecule has 1 amide bonds. The van der Waals surface area contributed by atoms with Gasteiger partial charge in [0.05, 0.1) is 36.7 Å². The molecule has 0 unspecified atom stereocenters. The lowest BCUT2D eigenvalue weighted by Crippen LogP contribution is -3.13. The molecule has 160 valence electrons. The van der Waals surface area contributed by atoms with Crippen molar-refractivity contribution in [3.63, 3.8) is 0 Å². The summed E-state index contributed by atoms with van der Waals surface area (Å²) in [5.41, 5.74) is 3.69. The van der Waals surface area contributed by atoms with Crippen LogP contribution in [0.25, 0.3) is 0 Å². The Labute approximate surface area is 178 Å². The third-order valence-corrected chi connectivity index (χ3v) is 5.76. The number of benzene rings is 2. The Hall–Kier alpha value is -2.93. The van der Waals surface area contributed by atoms with E-state index in [9.17, 15) is 14.9 Å². The molecule has 7 heteroatoms. The Bertz CT molecular complexity index is 901. The maximum Gasteiger partial charge on any atom is 0.270 e. The fourth-order valence-corrected chi connectivity index (χ4v) is 3.88. The second-order valence-corrected chi connectivity index (χ2v) is 8.47. The van der Waals surface area contributed by atoms with E-state index in [1.54, 1.807) is 6.07 Å². The molecule has 1 saturated heterocycles. The van der Waals surface area contributed by atoms with Gasteiger partial charge in [0, 0.05) is 37.5 Å². The molecule has 0 aromatic heterocycles. The number of hydrogen-bond acceptors (Lipinski definition) is 4. The Morgan fingerprint density at radius 1 is 1.13 bits per heavy atom. The van der Waals surface area contributed by atoms with Crippen molar-refractivity contribution in [3.05, 3.63) is 69.3 Å². The molecule has 0 radical (unpaired) electrons. The van der Waals surface area contributed by atoms with Crippen molar-refractivity contribution in [1.29, 1.82) is 0 Å². The molecular formula is C23H31N4O3+. The van der Waals surface area contributed by atoms with Gasteiger partial charge in [-0.3, -0.25) is 14.9 Å². The van der Waals surface area contributed by atoms with Gasteiger partial charge in [0.2, 0.25) is 0 Å². The predicted octanol–water partition coefficient (Wildman–Crippen LogP) is 2.33. The van der Waals surface area contributed by atoms with Crippen LogP contribution in [0, 0.1) is 10.1 Å². The first-order chi connectivity index (χ1) is 14.3. The number of piperazine rings is 1. The largest absolute Gasteiger partial charge is 0.377 e. The van der Waals surface area contributed by atoms with Crippen LogP contribution in [0.4, 0.5) is 11.4 Å². The molecule has 7 nitrogen and oxygen atoms in total. The maximum atomic E-state index is 13.1. The smallest absolute Gasteiger partial charge is 0.270 e. The zero-order valence-electron chi connectivity index (χ0n) is 18.2. The number of anilines is 1. The normalized spacial score (nSPS) is 14.8. The number of carbonyl (C=O) groups is 1. The predicted molar refractivity (Wildman–Crippen MR) is 118 cm³/mol. The Morgan fingerprint density at radius 2 is 1.77 bits per heavy atom. The first-order valence-electron chi connectivity index (χ1n) is 10.4. The number of hydrogen-bond donors (Lipinski definition) is 1. The number of rotatable bonds is 6. The molecule has 2 aromatic rings. The summed E-state index contributed by atoms with van der Waals surface area (Å²) >= 11 is 0. The highest BCUT2D eigenvalue weighted by Crippen LogP contribution is 2.25. The Morgan fingerprint density at radius 3 is 2.30 bits per heavy atom. The van der Waals surface area contributed by atoms with Crippen LogP contribution < -0.4 is 9.80 Å². The van der Waals surface area contributed by atoms with E-state index in [4.69, 9.17) is 0 Å². The molecule has 1 aliphatic rings. The standard InChI is InChI=1S/C23H30N4O3/c1-17(2)19-7-5-18(6-8-19)16-25-11-13-26(14-12-25)23(28)21-15-20(27(29)30)9-10-22(21)24(3)4/h5-10,15,17H,11-14,16H2,1-4H3/p+1. The van der Waals surface area contributed by atoms with Crippen molar-refractivity contribution < 1.29 is 14.6 Å². The van der Waals surface area contributed by atoms with Crippen LogP contribution in [0.3, 0.4) is 0 Å². The highest BCUT2D eigenvalue weighted by molar-refractivity contribution is 6.00. The van der Waals surface area contributed by atoms with Crippen molar-refractivity contribution in [2.45, 2.75) is 26.3 Å². The average molecular weight is 412 g/mol. The molecule has 1 fully saturated rings. The molecule has 1 aliphatic heterocycles. The molecule has 0 saturated carbocycles. The first kappa shape index (κ1) is 21.8. The molecule has 0 spiro atoms. The van der Waals surface area contributed by atoms with Crippen LogP contribution in [-0.4, -0.2) is 56.0 Å². The average Bonchev–Trinajstić information content (AvgIpc) is 2.73. The van der Waals surface area contributed by atoms with Gasteiger partial charge in [0.15, 0.2) is 0 Å². The summed E-state index contributed by atoms with van der Waals surface area (Å²) in [6.45, 7) is 8.36. The lowest BCUT2D eigenvalue weighted by molar-refractivity contribution is -0.917. The summed E-state index contributed by atoms with van der Waals surface area (Å²) in [4.78, 5) is 28.9. The van der Waals surface area contributed by atoms with Crippen molar-refractivity contribution in [2.24, 2.45) is 0 Å². The summed E-state index contributed by atoms with van der Waals surface area (Å²) < 4.78 is 0. The minimum absolute atomic E-state index is 0.0574. The van der Waals surface area contributed by atoms with E-state index in [0.29, 0.717) is 30.3 Å². The molecule has 2 aromatic carbocycles. The quantitative estimate of drug-likeness (QED) is 0.585. The fraction of sp³-hybridized carbons (Fsp3) is 0.435. The van der Waals surface area contributed by atoms with Gasteiger partial charge >= 0.3 is 0 Å². The fourth-order valence-electron chi connectivity index (χ4n) is 3.88. The first-order valence-corrected chi connectivity index (χ1v) is 10.4. The van der Waals surface area contributed by atoms with Gasteiger partial charge in [-0.05, 0) is 17.5 Å². The topological polar surface area (TPSA) is 71.1 Å². The third kappa shape index (κ3) is 4.97. The summed E-state index contributed by atoms with van der Waals surface area (Å²) in [6.07, 6.45) is 0. The minimum atomic E-state index is -0.455. The molecule has 1 heterocycles. The van der Waals surface area contributed by atoms with E-state index in [1.807, 2.05) is 23.9 Å². The van der Waals surface area contributed by atoms with Crippen LogP contribution in [0.15, 0.2) is 42.5 Å². The van der Waals surface area contributed by atoms with Crippen molar-refractivity contribution in [2.75, 3.05) is 45.2 Å². The molecule has 30 heavy (non-hydrogen) atoms. The number of nitrogens with zero attached hydrogens (tertiary/aromatic N) is 3. The zero-order chi connectivity index (χ0) is 21.8. The van der Waals surface area contributed by atoms with Gasteiger partial charge < -0.3 is 14.7 Å². The van der Waals surface area contributed by atoms with Crippen LogP contribution in [0.2, 0.25) is 0 Å². The van der Waals surface area contributed by atoms with E-state index >= 15 is 0 Å². The van der Waals surface area contributed by atoms with E-state index in [1.165, 1.54) is 28.2 Å². The summed E-state index contributed by atoms with van der Waals surface area (Å²) in [6, 6.07) is 13.3. The number of nitro benzene ring substituents is 1. The molecule has 0 bridgehead atoms. The minimum Gasteiger partial charge on any atom is -0.377 e. The second-order valence-electron chi connectivity index (χ2n) is 8.47. The molecule has 3 rings (SSSR count). The summed E-state index contributed by atoms with van der Waals surface area (Å²) in [5.74, 6) is 0.393. The molecule has 0 aliphatic carbocycles. The van der Waals surface area contributed by atoms with Crippen LogP contribution in [-0.2, 0) is 6.54 Å². The third-order valence-electron chi connectivity index (χ3n) is 5.76. The lowest BCUT2D eigenvalue weighted by Gasteiger charge is -2.33. The number of quaternary nitrogens is 1. The van der Waals surface area contributed by atoms with Crippen LogP contribution in [0.1, 0.15) is 41.3 Å². The number of amides is 1. The van der Waals surface area contributed by atoms with E-state index in [-0.39, 0.29) is 11.6 Å². The lowest BCUT2D eigenvalue weighted by atomic mass is 10.0.